The Bertz CT molecular complexity index is 1330. The van der Waals surface area contributed by atoms with Crippen LogP contribution >= 0.6 is 15.9 Å². The summed E-state index contributed by atoms with van der Waals surface area (Å²) in [5, 5.41) is 6.42. The van der Waals surface area contributed by atoms with E-state index in [2.05, 4.69) is 50.7 Å². The van der Waals surface area contributed by atoms with Crippen molar-refractivity contribution >= 4 is 38.8 Å². The molecule has 0 bridgehead atoms. The van der Waals surface area contributed by atoms with Crippen molar-refractivity contribution in [1.82, 2.24) is 5.43 Å². The Labute approximate surface area is 207 Å². The maximum atomic E-state index is 12.2. The number of hydrazone groups is 1. The molecule has 4 aromatic carbocycles. The predicted molar refractivity (Wildman–Crippen MR) is 140 cm³/mol. The highest BCUT2D eigenvalue weighted by molar-refractivity contribution is 9.10. The van der Waals surface area contributed by atoms with Gasteiger partial charge in [-0.25, -0.2) is 5.43 Å². The molecular weight excluding hydrogens is 492 g/mol. The van der Waals surface area contributed by atoms with Crippen molar-refractivity contribution in [1.29, 1.82) is 0 Å². The third-order valence-electron chi connectivity index (χ3n) is 5.39. The van der Waals surface area contributed by atoms with E-state index in [4.69, 9.17) is 9.47 Å². The second-order valence-electron chi connectivity index (χ2n) is 7.92. The van der Waals surface area contributed by atoms with Crippen LogP contribution in [0.1, 0.15) is 22.3 Å². The molecular formula is C28H25BrN2O3. The summed E-state index contributed by atoms with van der Waals surface area (Å²) < 4.78 is 12.4. The molecule has 0 heterocycles. The van der Waals surface area contributed by atoms with Crippen molar-refractivity contribution in [2.75, 3.05) is 7.11 Å². The Morgan fingerprint density at radius 2 is 1.79 bits per heavy atom. The van der Waals surface area contributed by atoms with E-state index in [1.165, 1.54) is 5.39 Å². The highest BCUT2D eigenvalue weighted by Gasteiger charge is 2.12. The van der Waals surface area contributed by atoms with Crippen molar-refractivity contribution in [2.45, 2.75) is 20.0 Å². The van der Waals surface area contributed by atoms with Gasteiger partial charge >= 0.3 is 0 Å². The van der Waals surface area contributed by atoms with Crippen LogP contribution in [-0.2, 0) is 17.8 Å². The molecule has 0 aromatic heterocycles. The van der Waals surface area contributed by atoms with Gasteiger partial charge in [0, 0.05) is 0 Å². The van der Waals surface area contributed by atoms with E-state index < -0.39 is 0 Å². The number of amides is 1. The lowest BCUT2D eigenvalue weighted by Crippen LogP contribution is -2.19. The number of nitrogens with one attached hydrogen (secondary N) is 1. The number of carbonyl (C=O) groups is 1. The number of ether oxygens (including phenoxy) is 2. The molecule has 0 aliphatic carbocycles. The number of nitrogens with zero attached hydrogens (tertiary/aromatic N) is 1. The van der Waals surface area contributed by atoms with Crippen molar-refractivity contribution in [3.8, 4) is 11.5 Å². The van der Waals surface area contributed by atoms with Gasteiger partial charge in [-0.3, -0.25) is 4.79 Å². The molecule has 0 spiro atoms. The topological polar surface area (TPSA) is 59.9 Å². The quantitative estimate of drug-likeness (QED) is 0.224. The van der Waals surface area contributed by atoms with Gasteiger partial charge in [-0.05, 0) is 62.4 Å². The zero-order valence-corrected chi connectivity index (χ0v) is 20.6. The molecule has 0 atom stereocenters. The van der Waals surface area contributed by atoms with Crippen LogP contribution in [-0.4, -0.2) is 19.2 Å². The first kappa shape index (κ1) is 23.5. The van der Waals surface area contributed by atoms with Crippen LogP contribution in [0.2, 0.25) is 0 Å². The summed E-state index contributed by atoms with van der Waals surface area (Å²) in [4.78, 5) is 12.2. The third kappa shape index (κ3) is 5.83. The fraction of sp³-hybridized carbons (Fsp3) is 0.143. The van der Waals surface area contributed by atoms with Crippen LogP contribution in [0.4, 0.5) is 0 Å². The van der Waals surface area contributed by atoms with Gasteiger partial charge in [0.25, 0.3) is 0 Å². The van der Waals surface area contributed by atoms with Crippen LogP contribution in [0, 0.1) is 6.92 Å². The molecule has 6 heteroatoms. The number of carbonyl (C=O) groups excluding carboxylic acids is 1. The van der Waals surface area contributed by atoms with E-state index >= 15 is 0 Å². The van der Waals surface area contributed by atoms with Crippen LogP contribution in [0.3, 0.4) is 0 Å². The summed E-state index contributed by atoms with van der Waals surface area (Å²) in [6, 6.07) is 25.9. The Morgan fingerprint density at radius 3 is 2.59 bits per heavy atom. The Kier molecular flexibility index (Phi) is 7.60. The number of rotatable bonds is 8. The van der Waals surface area contributed by atoms with Crippen LogP contribution in [0.15, 0.2) is 88.4 Å². The molecule has 172 valence electrons. The average Bonchev–Trinajstić information content (AvgIpc) is 2.84. The Morgan fingerprint density at radius 1 is 1.03 bits per heavy atom. The molecule has 0 saturated heterocycles. The first-order valence-corrected chi connectivity index (χ1v) is 11.7. The minimum Gasteiger partial charge on any atom is -0.493 e. The lowest BCUT2D eigenvalue weighted by atomic mass is 10.1. The van der Waals surface area contributed by atoms with Gasteiger partial charge in [0.1, 0.15) is 6.61 Å². The van der Waals surface area contributed by atoms with Crippen LogP contribution in [0.25, 0.3) is 10.8 Å². The van der Waals surface area contributed by atoms with Crippen molar-refractivity contribution in [3.63, 3.8) is 0 Å². The lowest BCUT2D eigenvalue weighted by molar-refractivity contribution is -0.120. The zero-order chi connectivity index (χ0) is 23.9. The summed E-state index contributed by atoms with van der Waals surface area (Å²) in [6.45, 7) is 2.42. The molecule has 1 N–H and O–H groups in total. The normalized spacial score (nSPS) is 11.0. The molecule has 0 aliphatic rings. The maximum Gasteiger partial charge on any atom is 0.244 e. The summed E-state index contributed by atoms with van der Waals surface area (Å²) in [7, 11) is 1.59. The van der Waals surface area contributed by atoms with E-state index in [1.54, 1.807) is 13.3 Å². The molecule has 0 radical (unpaired) electrons. The molecule has 1 amide bonds. The monoisotopic (exact) mass is 516 g/mol. The molecule has 0 unspecified atom stereocenters. The fourth-order valence-corrected chi connectivity index (χ4v) is 4.21. The highest BCUT2D eigenvalue weighted by Crippen LogP contribution is 2.37. The number of fused-ring (bicyclic) bond motifs is 1. The smallest absolute Gasteiger partial charge is 0.244 e. The van der Waals surface area contributed by atoms with Crippen LogP contribution in [0.5, 0.6) is 11.5 Å². The Balaban J connectivity index is 1.43. The van der Waals surface area contributed by atoms with E-state index in [1.807, 2.05) is 61.5 Å². The molecule has 5 nitrogen and oxygen atoms in total. The van der Waals surface area contributed by atoms with Gasteiger partial charge in [-0.1, -0.05) is 72.3 Å². The van der Waals surface area contributed by atoms with Crippen molar-refractivity contribution < 1.29 is 14.3 Å². The maximum absolute atomic E-state index is 12.2. The second kappa shape index (κ2) is 11.0. The van der Waals surface area contributed by atoms with E-state index in [0.717, 1.165) is 32.1 Å². The first-order chi connectivity index (χ1) is 16.5. The fourth-order valence-electron chi connectivity index (χ4n) is 3.63. The molecule has 34 heavy (non-hydrogen) atoms. The number of methoxy groups -OCH3 is 1. The summed E-state index contributed by atoms with van der Waals surface area (Å²) in [5.41, 5.74) is 6.52. The first-order valence-electron chi connectivity index (χ1n) is 10.9. The molecule has 0 fully saturated rings. The summed E-state index contributed by atoms with van der Waals surface area (Å²) in [6.07, 6.45) is 1.85. The van der Waals surface area contributed by atoms with E-state index in [0.29, 0.717) is 18.1 Å². The Hall–Kier alpha value is -3.64. The van der Waals surface area contributed by atoms with Crippen molar-refractivity contribution in [3.05, 3.63) is 106 Å². The third-order valence-corrected chi connectivity index (χ3v) is 5.98. The number of hydrogen-bond donors (Lipinski definition) is 1. The summed E-state index contributed by atoms with van der Waals surface area (Å²) in [5.74, 6) is 0.999. The molecule has 0 saturated carbocycles. The minimum atomic E-state index is -0.179. The number of halogens is 1. The zero-order valence-electron chi connectivity index (χ0n) is 19.0. The number of benzene rings is 4. The molecule has 0 aliphatic heterocycles. The predicted octanol–water partition coefficient (Wildman–Crippen LogP) is 6.19. The average molecular weight is 517 g/mol. The number of hydrogen-bond acceptors (Lipinski definition) is 4. The number of aryl methyl sites for hydroxylation is 1. The molecule has 4 aromatic rings. The van der Waals surface area contributed by atoms with E-state index in [9.17, 15) is 4.79 Å². The van der Waals surface area contributed by atoms with Crippen LogP contribution < -0.4 is 14.9 Å². The van der Waals surface area contributed by atoms with Gasteiger partial charge in [0.2, 0.25) is 5.91 Å². The van der Waals surface area contributed by atoms with Crippen molar-refractivity contribution in [2.24, 2.45) is 5.10 Å². The van der Waals surface area contributed by atoms with E-state index in [-0.39, 0.29) is 12.3 Å². The largest absolute Gasteiger partial charge is 0.493 e. The van der Waals surface area contributed by atoms with Gasteiger partial charge in [-0.2, -0.15) is 5.10 Å². The van der Waals surface area contributed by atoms with Gasteiger partial charge in [0.05, 0.1) is 24.2 Å². The molecule has 4 rings (SSSR count). The standard InChI is InChI=1S/C28H25BrN2O3/c1-19-10-12-20(13-11-19)16-27(32)31-30-17-21-14-25(29)28(26(15-21)33-2)34-18-23-8-5-7-22-6-3-4-9-24(22)23/h3-15,17H,16,18H2,1-2H3,(H,31,32)/b30-17+. The van der Waals surface area contributed by atoms with Gasteiger partial charge in [0.15, 0.2) is 11.5 Å². The summed E-state index contributed by atoms with van der Waals surface area (Å²) >= 11 is 3.58. The minimum absolute atomic E-state index is 0.179. The second-order valence-corrected chi connectivity index (χ2v) is 8.77. The van der Waals surface area contributed by atoms with Gasteiger partial charge in [-0.15, -0.1) is 0 Å². The lowest BCUT2D eigenvalue weighted by Gasteiger charge is -2.14. The SMILES string of the molecule is COc1cc(/C=N/NC(=O)Cc2ccc(C)cc2)cc(Br)c1OCc1cccc2ccccc12. The highest BCUT2D eigenvalue weighted by atomic mass is 79.9. The van der Waals surface area contributed by atoms with Gasteiger partial charge < -0.3 is 9.47 Å².